The molecule has 0 aliphatic heterocycles. The first-order valence-corrected chi connectivity index (χ1v) is 8.43. The highest BCUT2D eigenvalue weighted by molar-refractivity contribution is 6.31. The smallest absolute Gasteiger partial charge is 0.244 e. The lowest BCUT2D eigenvalue weighted by Crippen LogP contribution is -2.20. The molecule has 132 valence electrons. The molecule has 2 aromatic carbocycles. The molecule has 1 N–H and O–H groups in total. The van der Waals surface area contributed by atoms with E-state index < -0.39 is 0 Å². The van der Waals surface area contributed by atoms with Gasteiger partial charge in [0.2, 0.25) is 5.91 Å². The van der Waals surface area contributed by atoms with Crippen molar-refractivity contribution in [3.05, 3.63) is 64.2 Å². The fraction of sp³-hybridized carbons (Fsp3) is 0.250. The molecule has 2 aromatic rings. The minimum atomic E-state index is -0.176. The highest BCUT2D eigenvalue weighted by Gasteiger charge is 2.06. The zero-order chi connectivity index (χ0) is 18.2. The summed E-state index contributed by atoms with van der Waals surface area (Å²) in [5, 5.41) is 3.53. The lowest BCUT2D eigenvalue weighted by molar-refractivity contribution is -0.116. The fourth-order valence-corrected chi connectivity index (χ4v) is 2.42. The molecule has 5 heteroatoms. The van der Waals surface area contributed by atoms with Crippen molar-refractivity contribution in [1.29, 1.82) is 0 Å². The highest BCUT2D eigenvalue weighted by Crippen LogP contribution is 2.27. The van der Waals surface area contributed by atoms with Gasteiger partial charge in [-0.25, -0.2) is 0 Å². The molecule has 2 rings (SSSR count). The first kappa shape index (κ1) is 18.9. The van der Waals surface area contributed by atoms with Crippen molar-refractivity contribution in [1.82, 2.24) is 5.32 Å². The van der Waals surface area contributed by atoms with Gasteiger partial charge in [0.05, 0.1) is 13.7 Å². The zero-order valence-corrected chi connectivity index (χ0v) is 15.4. The number of carbonyl (C=O) groups excluding carboxylic acids is 1. The van der Waals surface area contributed by atoms with Crippen molar-refractivity contribution in [3.8, 4) is 11.5 Å². The highest BCUT2D eigenvalue weighted by atomic mass is 35.5. The van der Waals surface area contributed by atoms with Crippen LogP contribution < -0.4 is 14.8 Å². The maximum Gasteiger partial charge on any atom is 0.244 e. The van der Waals surface area contributed by atoms with E-state index in [0.29, 0.717) is 29.7 Å². The second-order valence-electron chi connectivity index (χ2n) is 5.48. The predicted molar refractivity (Wildman–Crippen MR) is 101 cm³/mol. The van der Waals surface area contributed by atoms with E-state index >= 15 is 0 Å². The lowest BCUT2D eigenvalue weighted by atomic mass is 10.1. The maximum atomic E-state index is 12.0. The van der Waals surface area contributed by atoms with E-state index in [1.165, 1.54) is 6.08 Å². The first-order valence-electron chi connectivity index (χ1n) is 8.05. The molecule has 0 atom stereocenters. The maximum absolute atomic E-state index is 12.0. The standard InChI is InChI=1S/C20H22ClNO3/c1-4-25-18-9-7-16(12-19(18)24-3)13-22-20(23)10-8-15-6-5-14(2)17(21)11-15/h5-12H,4,13H2,1-3H3,(H,22,23)/b10-8+. The number of halogens is 1. The summed E-state index contributed by atoms with van der Waals surface area (Å²) >= 11 is 6.08. The van der Waals surface area contributed by atoms with Crippen LogP contribution in [-0.2, 0) is 11.3 Å². The number of carbonyl (C=O) groups is 1. The summed E-state index contributed by atoms with van der Waals surface area (Å²) in [6.07, 6.45) is 3.23. The van der Waals surface area contributed by atoms with Gasteiger partial charge in [0.25, 0.3) is 0 Å². The van der Waals surface area contributed by atoms with Crippen LogP contribution in [0, 0.1) is 6.92 Å². The number of nitrogens with one attached hydrogen (secondary N) is 1. The van der Waals surface area contributed by atoms with Gasteiger partial charge in [-0.15, -0.1) is 0 Å². The number of ether oxygens (including phenoxy) is 2. The zero-order valence-electron chi connectivity index (χ0n) is 14.6. The first-order chi connectivity index (χ1) is 12.0. The molecular weight excluding hydrogens is 338 g/mol. The fourth-order valence-electron chi connectivity index (χ4n) is 2.23. The van der Waals surface area contributed by atoms with Crippen molar-refractivity contribution >= 4 is 23.6 Å². The molecule has 0 saturated heterocycles. The van der Waals surface area contributed by atoms with Crippen LogP contribution in [0.1, 0.15) is 23.6 Å². The van der Waals surface area contributed by atoms with Crippen molar-refractivity contribution in [2.24, 2.45) is 0 Å². The quantitative estimate of drug-likeness (QED) is 0.746. The third-order valence-corrected chi connectivity index (χ3v) is 4.02. The lowest BCUT2D eigenvalue weighted by Gasteiger charge is -2.11. The van der Waals surface area contributed by atoms with Gasteiger partial charge in [-0.1, -0.05) is 29.8 Å². The molecule has 0 unspecified atom stereocenters. The number of hydrogen-bond donors (Lipinski definition) is 1. The SMILES string of the molecule is CCOc1ccc(CNC(=O)/C=C/c2ccc(C)c(Cl)c2)cc1OC. The van der Waals surface area contributed by atoms with Gasteiger partial charge in [0.15, 0.2) is 11.5 Å². The Morgan fingerprint density at radius 1 is 1.20 bits per heavy atom. The molecule has 4 nitrogen and oxygen atoms in total. The average Bonchev–Trinajstić information content (AvgIpc) is 2.62. The number of rotatable bonds is 7. The number of methoxy groups -OCH3 is 1. The molecule has 0 aliphatic rings. The normalized spacial score (nSPS) is 10.7. The molecule has 0 spiro atoms. The molecule has 0 heterocycles. The minimum absolute atomic E-state index is 0.176. The Labute approximate surface area is 153 Å². The van der Waals surface area contributed by atoms with Gasteiger partial charge in [-0.3, -0.25) is 4.79 Å². The summed E-state index contributed by atoms with van der Waals surface area (Å²) in [5.41, 5.74) is 2.82. The van der Waals surface area contributed by atoms with Crippen LogP contribution in [0.25, 0.3) is 6.08 Å². The topological polar surface area (TPSA) is 47.6 Å². The average molecular weight is 360 g/mol. The Balaban J connectivity index is 1.95. The van der Waals surface area contributed by atoms with E-state index in [-0.39, 0.29) is 5.91 Å². The van der Waals surface area contributed by atoms with Crippen LogP contribution in [0.4, 0.5) is 0 Å². The van der Waals surface area contributed by atoms with Gasteiger partial charge in [0.1, 0.15) is 0 Å². The molecule has 1 amide bonds. The summed E-state index contributed by atoms with van der Waals surface area (Å²) < 4.78 is 10.8. The number of hydrogen-bond acceptors (Lipinski definition) is 3. The van der Waals surface area contributed by atoms with Gasteiger partial charge in [0, 0.05) is 17.6 Å². The molecular formula is C20H22ClNO3. The predicted octanol–water partition coefficient (Wildman–Crippen LogP) is 4.39. The van der Waals surface area contributed by atoms with E-state index in [2.05, 4.69) is 5.32 Å². The van der Waals surface area contributed by atoms with Crippen LogP contribution in [0.15, 0.2) is 42.5 Å². The molecule has 0 fully saturated rings. The van der Waals surface area contributed by atoms with Crippen LogP contribution >= 0.6 is 11.6 Å². The van der Waals surface area contributed by atoms with Crippen LogP contribution in [0.3, 0.4) is 0 Å². The number of aryl methyl sites for hydroxylation is 1. The molecule has 25 heavy (non-hydrogen) atoms. The summed E-state index contributed by atoms with van der Waals surface area (Å²) in [5.74, 6) is 1.17. The minimum Gasteiger partial charge on any atom is -0.493 e. The van der Waals surface area contributed by atoms with Crippen molar-refractivity contribution in [2.45, 2.75) is 20.4 Å². The Kier molecular flexibility index (Phi) is 6.90. The molecule has 0 bridgehead atoms. The second-order valence-corrected chi connectivity index (χ2v) is 5.89. The molecule has 0 aromatic heterocycles. The summed E-state index contributed by atoms with van der Waals surface area (Å²) in [6.45, 7) is 4.83. The third-order valence-electron chi connectivity index (χ3n) is 3.62. The van der Waals surface area contributed by atoms with E-state index in [1.807, 2.05) is 50.2 Å². The van der Waals surface area contributed by atoms with Crippen LogP contribution in [-0.4, -0.2) is 19.6 Å². The van der Waals surface area contributed by atoms with Gasteiger partial charge in [-0.2, -0.15) is 0 Å². The van der Waals surface area contributed by atoms with Crippen LogP contribution in [0.2, 0.25) is 5.02 Å². The summed E-state index contributed by atoms with van der Waals surface area (Å²) in [7, 11) is 1.59. The molecule has 0 saturated carbocycles. The summed E-state index contributed by atoms with van der Waals surface area (Å²) in [4.78, 5) is 12.0. The van der Waals surface area contributed by atoms with Crippen LogP contribution in [0.5, 0.6) is 11.5 Å². The van der Waals surface area contributed by atoms with E-state index in [1.54, 1.807) is 13.2 Å². The molecule has 0 aliphatic carbocycles. The Morgan fingerprint density at radius 2 is 2.00 bits per heavy atom. The van der Waals surface area contributed by atoms with Crippen molar-refractivity contribution in [3.63, 3.8) is 0 Å². The monoisotopic (exact) mass is 359 g/mol. The largest absolute Gasteiger partial charge is 0.493 e. The Hall–Kier alpha value is -2.46. The van der Waals surface area contributed by atoms with Gasteiger partial charge >= 0.3 is 0 Å². The Bertz CT molecular complexity index is 772. The Morgan fingerprint density at radius 3 is 2.68 bits per heavy atom. The van der Waals surface area contributed by atoms with Gasteiger partial charge < -0.3 is 14.8 Å². The van der Waals surface area contributed by atoms with E-state index in [4.69, 9.17) is 21.1 Å². The second kappa shape index (κ2) is 9.14. The molecule has 0 radical (unpaired) electrons. The van der Waals surface area contributed by atoms with E-state index in [0.717, 1.165) is 16.7 Å². The van der Waals surface area contributed by atoms with E-state index in [9.17, 15) is 4.79 Å². The van der Waals surface area contributed by atoms with Crippen molar-refractivity contribution in [2.75, 3.05) is 13.7 Å². The van der Waals surface area contributed by atoms with Crippen molar-refractivity contribution < 1.29 is 14.3 Å². The number of benzene rings is 2. The number of amides is 1. The summed E-state index contributed by atoms with van der Waals surface area (Å²) in [6, 6.07) is 11.3. The third kappa shape index (κ3) is 5.54. The van der Waals surface area contributed by atoms with Gasteiger partial charge in [-0.05, 0) is 54.8 Å².